The number of aromatic nitrogens is 3. The van der Waals surface area contributed by atoms with Crippen LogP contribution in [0.2, 0.25) is 0 Å². The normalized spacial score (nSPS) is 18.6. The van der Waals surface area contributed by atoms with Crippen LogP contribution in [0.5, 0.6) is 0 Å². The topological polar surface area (TPSA) is 78.8 Å². The van der Waals surface area contributed by atoms with Crippen LogP contribution in [0.25, 0.3) is 0 Å². The Balaban J connectivity index is 1.49. The van der Waals surface area contributed by atoms with Crippen LogP contribution in [0.15, 0.2) is 10.6 Å². The Morgan fingerprint density at radius 2 is 1.88 bits per heavy atom. The van der Waals surface area contributed by atoms with Crippen LogP contribution in [0.3, 0.4) is 0 Å². The van der Waals surface area contributed by atoms with Crippen LogP contribution in [0.1, 0.15) is 66.2 Å². The van der Waals surface area contributed by atoms with Crippen molar-refractivity contribution in [1.82, 2.24) is 15.1 Å². The third kappa shape index (κ3) is 2.75. The van der Waals surface area contributed by atoms with Gasteiger partial charge in [0.1, 0.15) is 6.07 Å². The lowest BCUT2D eigenvalue weighted by molar-refractivity contribution is 0.365. The van der Waals surface area contributed by atoms with Crippen molar-refractivity contribution in [3.63, 3.8) is 0 Å². The molecule has 0 spiro atoms. The van der Waals surface area contributed by atoms with Gasteiger partial charge >= 0.3 is 0 Å². The van der Waals surface area contributed by atoms with Crippen molar-refractivity contribution in [3.05, 3.63) is 34.7 Å². The van der Waals surface area contributed by atoms with Gasteiger partial charge in [-0.3, -0.25) is 4.98 Å². The lowest BCUT2D eigenvalue weighted by atomic mass is 9.95. The molecule has 0 amide bonds. The number of piperidine rings is 1. The van der Waals surface area contributed by atoms with Gasteiger partial charge in [-0.1, -0.05) is 5.16 Å². The summed E-state index contributed by atoms with van der Waals surface area (Å²) in [7, 11) is 0. The number of pyridine rings is 1. The molecule has 1 aliphatic carbocycles. The van der Waals surface area contributed by atoms with E-state index in [4.69, 9.17) is 4.52 Å². The van der Waals surface area contributed by atoms with Crippen molar-refractivity contribution in [1.29, 1.82) is 5.26 Å². The molecule has 4 rings (SSSR count). The van der Waals surface area contributed by atoms with Gasteiger partial charge in [-0.25, -0.2) is 0 Å². The molecule has 2 aliphatic rings. The highest BCUT2D eigenvalue weighted by molar-refractivity contribution is 5.61. The fourth-order valence-electron chi connectivity index (χ4n) is 3.48. The molecule has 24 heavy (non-hydrogen) atoms. The number of aryl methyl sites for hydroxylation is 2. The SMILES string of the molecule is Cc1cc(N2CCC(c3noc(C4CC4)n3)CC2)c(C#N)c(C)n1. The van der Waals surface area contributed by atoms with Gasteiger partial charge in [0.05, 0.1) is 16.9 Å². The van der Waals surface area contributed by atoms with Crippen molar-refractivity contribution in [2.24, 2.45) is 0 Å². The predicted octanol–water partition coefficient (Wildman–Crippen LogP) is 3.21. The van der Waals surface area contributed by atoms with Crippen molar-refractivity contribution in [3.8, 4) is 6.07 Å². The highest BCUT2D eigenvalue weighted by Crippen LogP contribution is 2.40. The lowest BCUT2D eigenvalue weighted by Crippen LogP contribution is -2.34. The van der Waals surface area contributed by atoms with E-state index in [1.54, 1.807) is 0 Å². The van der Waals surface area contributed by atoms with E-state index >= 15 is 0 Å². The third-order valence-corrected chi connectivity index (χ3v) is 5.00. The monoisotopic (exact) mass is 323 g/mol. The summed E-state index contributed by atoms with van der Waals surface area (Å²) in [5.74, 6) is 2.54. The maximum atomic E-state index is 9.46. The average molecular weight is 323 g/mol. The second-order valence-corrected chi connectivity index (χ2v) is 6.88. The zero-order valence-corrected chi connectivity index (χ0v) is 14.1. The van der Waals surface area contributed by atoms with Gasteiger partial charge in [-0.2, -0.15) is 10.2 Å². The average Bonchev–Trinajstić information content (AvgIpc) is 3.32. The fourth-order valence-corrected chi connectivity index (χ4v) is 3.48. The van der Waals surface area contributed by atoms with E-state index in [0.717, 1.165) is 54.7 Å². The number of nitrogens with zero attached hydrogens (tertiary/aromatic N) is 5. The van der Waals surface area contributed by atoms with E-state index in [9.17, 15) is 5.26 Å². The highest BCUT2D eigenvalue weighted by Gasteiger charge is 2.32. The van der Waals surface area contributed by atoms with E-state index in [1.807, 2.05) is 19.9 Å². The molecule has 2 fully saturated rings. The number of hydrogen-bond acceptors (Lipinski definition) is 6. The lowest BCUT2D eigenvalue weighted by Gasteiger charge is -2.33. The molecule has 0 bridgehead atoms. The minimum atomic E-state index is 0.354. The first kappa shape index (κ1) is 15.1. The van der Waals surface area contributed by atoms with Crippen LogP contribution in [-0.4, -0.2) is 28.2 Å². The summed E-state index contributed by atoms with van der Waals surface area (Å²) < 4.78 is 5.40. The molecule has 2 aromatic rings. The second-order valence-electron chi connectivity index (χ2n) is 6.88. The van der Waals surface area contributed by atoms with Crippen molar-refractivity contribution in [2.75, 3.05) is 18.0 Å². The van der Waals surface area contributed by atoms with E-state index < -0.39 is 0 Å². The molecular weight excluding hydrogens is 302 g/mol. The molecule has 124 valence electrons. The third-order valence-electron chi connectivity index (χ3n) is 5.00. The standard InChI is InChI=1S/C18H21N5O/c1-11-9-16(15(10-19)12(2)20-11)23-7-5-13(6-8-23)17-21-18(24-22-17)14-3-4-14/h9,13-14H,3-8H2,1-2H3. The van der Waals surface area contributed by atoms with Gasteiger partial charge < -0.3 is 9.42 Å². The quantitative estimate of drug-likeness (QED) is 0.863. The molecule has 3 heterocycles. The maximum Gasteiger partial charge on any atom is 0.229 e. The first-order valence-corrected chi connectivity index (χ1v) is 8.62. The predicted molar refractivity (Wildman–Crippen MR) is 88.9 cm³/mol. The van der Waals surface area contributed by atoms with Gasteiger partial charge in [-0.05, 0) is 45.6 Å². The molecular formula is C18H21N5O. The smallest absolute Gasteiger partial charge is 0.229 e. The Labute approximate surface area is 141 Å². The summed E-state index contributed by atoms with van der Waals surface area (Å²) >= 11 is 0. The molecule has 0 atom stereocenters. The Kier molecular flexibility index (Phi) is 3.72. The number of hydrogen-bond donors (Lipinski definition) is 0. The fraction of sp³-hybridized carbons (Fsp3) is 0.556. The van der Waals surface area contributed by atoms with Crippen LogP contribution in [-0.2, 0) is 0 Å². The van der Waals surface area contributed by atoms with Gasteiger partial charge in [-0.15, -0.1) is 0 Å². The van der Waals surface area contributed by atoms with Crippen LogP contribution < -0.4 is 4.90 Å². The van der Waals surface area contributed by atoms with Crippen molar-refractivity contribution in [2.45, 2.75) is 51.4 Å². The Bertz CT molecular complexity index is 794. The molecule has 2 aromatic heterocycles. The van der Waals surface area contributed by atoms with Gasteiger partial charge in [0.15, 0.2) is 5.82 Å². The first-order valence-electron chi connectivity index (χ1n) is 8.62. The Hall–Kier alpha value is -2.42. The van der Waals surface area contributed by atoms with E-state index in [1.165, 1.54) is 12.8 Å². The Morgan fingerprint density at radius 3 is 2.54 bits per heavy atom. The summed E-state index contributed by atoms with van der Waals surface area (Å²) in [6, 6.07) is 4.33. The first-order chi connectivity index (χ1) is 11.7. The van der Waals surface area contributed by atoms with Crippen LogP contribution in [0.4, 0.5) is 5.69 Å². The van der Waals surface area contributed by atoms with E-state index in [-0.39, 0.29) is 0 Å². The summed E-state index contributed by atoms with van der Waals surface area (Å²) in [6.45, 7) is 5.68. The van der Waals surface area contributed by atoms with Crippen LogP contribution in [0, 0.1) is 25.2 Å². The second kappa shape index (κ2) is 5.90. The molecule has 0 aromatic carbocycles. The molecule has 0 radical (unpaired) electrons. The minimum Gasteiger partial charge on any atom is -0.370 e. The van der Waals surface area contributed by atoms with Crippen molar-refractivity contribution < 1.29 is 4.52 Å². The molecule has 0 unspecified atom stereocenters. The molecule has 1 saturated carbocycles. The molecule has 6 nitrogen and oxygen atoms in total. The van der Waals surface area contributed by atoms with Crippen molar-refractivity contribution >= 4 is 5.69 Å². The summed E-state index contributed by atoms with van der Waals surface area (Å²) in [5.41, 5.74) is 3.46. The highest BCUT2D eigenvalue weighted by atomic mass is 16.5. The van der Waals surface area contributed by atoms with E-state index in [0.29, 0.717) is 17.4 Å². The number of nitriles is 1. The Morgan fingerprint density at radius 1 is 1.12 bits per heavy atom. The summed E-state index contributed by atoms with van der Waals surface area (Å²) in [4.78, 5) is 11.3. The molecule has 0 N–H and O–H groups in total. The molecule has 1 aliphatic heterocycles. The number of anilines is 1. The van der Waals surface area contributed by atoms with Gasteiger partial charge in [0, 0.05) is 30.6 Å². The van der Waals surface area contributed by atoms with E-state index in [2.05, 4.69) is 26.1 Å². The minimum absolute atomic E-state index is 0.354. The molecule has 6 heteroatoms. The zero-order valence-electron chi connectivity index (χ0n) is 14.1. The largest absolute Gasteiger partial charge is 0.370 e. The van der Waals surface area contributed by atoms with Crippen LogP contribution >= 0.6 is 0 Å². The molecule has 1 saturated heterocycles. The van der Waals surface area contributed by atoms with Gasteiger partial charge in [0.2, 0.25) is 5.89 Å². The maximum absolute atomic E-state index is 9.46. The zero-order chi connectivity index (χ0) is 16.7. The number of rotatable bonds is 3. The summed E-state index contributed by atoms with van der Waals surface area (Å²) in [5, 5.41) is 13.7. The summed E-state index contributed by atoms with van der Waals surface area (Å²) in [6.07, 6.45) is 4.32. The van der Waals surface area contributed by atoms with Gasteiger partial charge in [0.25, 0.3) is 0 Å².